The summed E-state index contributed by atoms with van der Waals surface area (Å²) in [5, 5.41) is 0. The fourth-order valence-corrected chi connectivity index (χ4v) is 2.96. The Morgan fingerprint density at radius 2 is 1.48 bits per heavy atom. The molecule has 0 heterocycles. The quantitative estimate of drug-likeness (QED) is 0.197. The van der Waals surface area contributed by atoms with Gasteiger partial charge in [-0.2, -0.15) is 0 Å². The van der Waals surface area contributed by atoms with E-state index >= 15 is 0 Å². The lowest BCUT2D eigenvalue weighted by molar-refractivity contribution is -0.0363. The third-order valence-electron chi connectivity index (χ3n) is 3.76. The first kappa shape index (κ1) is 25.8. The average Bonchev–Trinajstić information content (AvgIpc) is 2.71. The van der Waals surface area contributed by atoms with Crippen LogP contribution in [0.15, 0.2) is 18.2 Å². The fraction of sp³-hybridized carbons (Fsp3) is 0.619. The lowest BCUT2D eigenvalue weighted by Crippen LogP contribution is -2.29. The number of hydrogen-bond donors (Lipinski definition) is 0. The number of benzene rings is 1. The number of hydrogen-bond acceptors (Lipinski definition) is 7. The van der Waals surface area contributed by atoms with Crippen LogP contribution >= 0.6 is 22.6 Å². The van der Waals surface area contributed by atoms with Crippen molar-refractivity contribution in [3.05, 3.63) is 32.9 Å². The van der Waals surface area contributed by atoms with Gasteiger partial charge in [0.1, 0.15) is 12.7 Å². The number of unbranched alkanes of at least 4 members (excludes halogenated alkanes) is 1. The molecule has 0 fully saturated rings. The van der Waals surface area contributed by atoms with Gasteiger partial charge in [-0.15, -0.1) is 0 Å². The molecule has 7 nitrogen and oxygen atoms in total. The number of carbonyl (C=O) groups is 2. The molecule has 0 amide bonds. The topological polar surface area (TPSA) is 80.3 Å². The maximum absolute atomic E-state index is 12.6. The molecule has 1 rings (SSSR count). The van der Waals surface area contributed by atoms with Crippen molar-refractivity contribution in [3.63, 3.8) is 0 Å². The Balaban J connectivity index is 2.68. The van der Waals surface area contributed by atoms with Gasteiger partial charge >= 0.3 is 11.9 Å². The van der Waals surface area contributed by atoms with Gasteiger partial charge in [-0.3, -0.25) is 0 Å². The normalized spacial score (nSPS) is 10.9. The van der Waals surface area contributed by atoms with E-state index in [1.807, 2.05) is 36.4 Å². The van der Waals surface area contributed by atoms with E-state index in [2.05, 4.69) is 6.92 Å². The zero-order chi connectivity index (χ0) is 21.5. The second-order valence-corrected chi connectivity index (χ2v) is 7.42. The molecule has 0 spiro atoms. The first-order chi connectivity index (χ1) is 14.0. The Morgan fingerprint density at radius 3 is 2.07 bits per heavy atom. The van der Waals surface area contributed by atoms with Crippen LogP contribution < -0.4 is 0 Å². The van der Waals surface area contributed by atoms with Gasteiger partial charge in [0.05, 0.1) is 30.9 Å². The fourth-order valence-electron chi connectivity index (χ4n) is 2.28. The van der Waals surface area contributed by atoms with Crippen molar-refractivity contribution < 1.29 is 33.3 Å². The monoisotopic (exact) mass is 522 g/mol. The highest BCUT2D eigenvalue weighted by molar-refractivity contribution is 14.1. The molecule has 0 aliphatic carbocycles. The first-order valence-electron chi connectivity index (χ1n) is 9.93. The van der Waals surface area contributed by atoms with Gasteiger partial charge in [-0.25, -0.2) is 9.59 Å². The standard InChI is InChI=1S/C21H31IO7/c1-4-7-8-27-9-10-28-20(23)16-11-17(13-18(22)12-16)21(24)29-19(14-25-5-2)15-26-6-3/h11-13,19H,4-10,14-15H2,1-3H3. The summed E-state index contributed by atoms with van der Waals surface area (Å²) >= 11 is 2.05. The van der Waals surface area contributed by atoms with Gasteiger partial charge in [-0.05, 0) is 61.1 Å². The van der Waals surface area contributed by atoms with Crippen LogP contribution in [0, 0.1) is 3.57 Å². The molecule has 8 heteroatoms. The first-order valence-corrected chi connectivity index (χ1v) is 11.0. The minimum Gasteiger partial charge on any atom is -0.460 e. The van der Waals surface area contributed by atoms with Gasteiger partial charge in [0.25, 0.3) is 0 Å². The van der Waals surface area contributed by atoms with Crippen molar-refractivity contribution in [2.75, 3.05) is 46.2 Å². The van der Waals surface area contributed by atoms with Gasteiger partial charge in [-0.1, -0.05) is 13.3 Å². The van der Waals surface area contributed by atoms with Crippen LogP contribution in [-0.2, 0) is 23.7 Å². The molecular formula is C21H31IO7. The molecule has 0 saturated heterocycles. The summed E-state index contributed by atoms with van der Waals surface area (Å²) < 4.78 is 27.5. The summed E-state index contributed by atoms with van der Waals surface area (Å²) in [6, 6.07) is 4.80. The molecule has 0 aliphatic heterocycles. The number of halogens is 1. The molecule has 164 valence electrons. The van der Waals surface area contributed by atoms with Gasteiger partial charge in [0.15, 0.2) is 0 Å². The molecule has 0 bridgehead atoms. The molecule has 0 aliphatic rings. The highest BCUT2D eigenvalue weighted by atomic mass is 127. The van der Waals surface area contributed by atoms with Crippen LogP contribution in [0.4, 0.5) is 0 Å². The summed E-state index contributed by atoms with van der Waals surface area (Å²) in [5.41, 5.74) is 0.574. The van der Waals surface area contributed by atoms with Crippen LogP contribution in [0.2, 0.25) is 0 Å². The van der Waals surface area contributed by atoms with Gasteiger partial charge in [0, 0.05) is 23.4 Å². The van der Waals surface area contributed by atoms with Crippen molar-refractivity contribution in [2.45, 2.75) is 39.7 Å². The average molecular weight is 522 g/mol. The molecule has 29 heavy (non-hydrogen) atoms. The van der Waals surface area contributed by atoms with Crippen molar-refractivity contribution in [1.82, 2.24) is 0 Å². The molecule has 0 atom stereocenters. The largest absolute Gasteiger partial charge is 0.460 e. The van der Waals surface area contributed by atoms with E-state index in [9.17, 15) is 9.59 Å². The molecule has 0 unspecified atom stereocenters. The minimum absolute atomic E-state index is 0.165. The lowest BCUT2D eigenvalue weighted by Gasteiger charge is -2.18. The third kappa shape index (κ3) is 10.9. The van der Waals surface area contributed by atoms with Crippen molar-refractivity contribution in [1.29, 1.82) is 0 Å². The number of rotatable bonds is 15. The maximum Gasteiger partial charge on any atom is 0.338 e. The molecule has 0 saturated carbocycles. The Bertz CT molecular complexity index is 613. The second-order valence-electron chi connectivity index (χ2n) is 6.18. The molecule has 1 aromatic carbocycles. The molecule has 0 N–H and O–H groups in total. The number of ether oxygens (including phenoxy) is 5. The summed E-state index contributed by atoms with van der Waals surface area (Å²) in [4.78, 5) is 24.9. The van der Waals surface area contributed by atoms with Gasteiger partial charge < -0.3 is 23.7 Å². The van der Waals surface area contributed by atoms with Crippen LogP contribution in [0.1, 0.15) is 54.3 Å². The summed E-state index contributed by atoms with van der Waals surface area (Å²) in [6.07, 6.45) is 1.51. The van der Waals surface area contributed by atoms with Crippen LogP contribution in [0.5, 0.6) is 0 Å². The van der Waals surface area contributed by atoms with E-state index in [0.717, 1.165) is 16.4 Å². The predicted molar refractivity (Wildman–Crippen MR) is 117 cm³/mol. The zero-order valence-electron chi connectivity index (χ0n) is 17.4. The highest BCUT2D eigenvalue weighted by Crippen LogP contribution is 2.16. The molecule has 0 radical (unpaired) electrons. The smallest absolute Gasteiger partial charge is 0.338 e. The summed E-state index contributed by atoms with van der Waals surface area (Å²) in [6.45, 7) is 8.51. The van der Waals surface area contributed by atoms with Crippen LogP contribution in [0.3, 0.4) is 0 Å². The van der Waals surface area contributed by atoms with E-state index in [-0.39, 0.29) is 25.4 Å². The van der Waals surface area contributed by atoms with Gasteiger partial charge in [0.2, 0.25) is 0 Å². The lowest BCUT2D eigenvalue weighted by atomic mass is 10.1. The highest BCUT2D eigenvalue weighted by Gasteiger charge is 2.19. The van der Waals surface area contributed by atoms with Crippen molar-refractivity contribution >= 4 is 34.5 Å². The molecular weight excluding hydrogens is 491 g/mol. The molecule has 1 aromatic rings. The van der Waals surface area contributed by atoms with E-state index in [0.29, 0.717) is 32.0 Å². The minimum atomic E-state index is -0.537. The van der Waals surface area contributed by atoms with Crippen LogP contribution in [-0.4, -0.2) is 64.3 Å². The van der Waals surface area contributed by atoms with Crippen LogP contribution in [0.25, 0.3) is 0 Å². The Morgan fingerprint density at radius 1 is 0.862 bits per heavy atom. The van der Waals surface area contributed by atoms with Crippen molar-refractivity contribution in [2.24, 2.45) is 0 Å². The number of carbonyl (C=O) groups excluding carboxylic acids is 2. The van der Waals surface area contributed by atoms with Crippen molar-refractivity contribution in [3.8, 4) is 0 Å². The number of esters is 2. The van der Waals surface area contributed by atoms with E-state index in [4.69, 9.17) is 23.7 Å². The van der Waals surface area contributed by atoms with E-state index in [1.54, 1.807) is 12.1 Å². The second kappa shape index (κ2) is 15.6. The predicted octanol–water partition coefficient (Wildman–Crippen LogP) is 3.86. The zero-order valence-corrected chi connectivity index (χ0v) is 19.6. The maximum atomic E-state index is 12.6. The Hall–Kier alpha value is -1.23. The Kier molecular flexibility index (Phi) is 13.9. The molecule has 0 aromatic heterocycles. The van der Waals surface area contributed by atoms with E-state index < -0.39 is 18.0 Å². The summed E-state index contributed by atoms with van der Waals surface area (Å²) in [5.74, 6) is -1.04. The Labute approximate surface area is 186 Å². The third-order valence-corrected chi connectivity index (χ3v) is 4.38. The SMILES string of the molecule is CCCCOCCOC(=O)c1cc(I)cc(C(=O)OC(COCC)COCC)c1. The summed E-state index contributed by atoms with van der Waals surface area (Å²) in [7, 11) is 0. The van der Waals surface area contributed by atoms with E-state index in [1.165, 1.54) is 6.07 Å².